The van der Waals surface area contributed by atoms with Gasteiger partial charge < -0.3 is 14.6 Å². The summed E-state index contributed by atoms with van der Waals surface area (Å²) in [6.07, 6.45) is 4.92. The number of carbonyl (C=O) groups excluding carboxylic acids is 1. The highest BCUT2D eigenvalue weighted by Crippen LogP contribution is 2.26. The molecule has 0 spiro atoms. The minimum Gasteiger partial charge on any atom is -0.391 e. The maximum atomic E-state index is 13.1. The second-order valence-electron chi connectivity index (χ2n) is 7.24. The second kappa shape index (κ2) is 6.81. The number of nitrogens with zero attached hydrogens (tertiary/aromatic N) is 3. The van der Waals surface area contributed by atoms with E-state index in [0.717, 1.165) is 68.5 Å². The van der Waals surface area contributed by atoms with Crippen LogP contribution in [-0.4, -0.2) is 63.7 Å². The largest absolute Gasteiger partial charge is 0.391 e. The van der Waals surface area contributed by atoms with Gasteiger partial charge in [-0.2, -0.15) is 0 Å². The summed E-state index contributed by atoms with van der Waals surface area (Å²) in [5.74, 6) is 0.134. The van der Waals surface area contributed by atoms with Crippen molar-refractivity contribution in [1.29, 1.82) is 0 Å². The number of piperazine rings is 1. The molecule has 0 radical (unpaired) electrons. The highest BCUT2D eigenvalue weighted by atomic mass is 16.3. The summed E-state index contributed by atoms with van der Waals surface area (Å²) in [6, 6.07) is 8.43. The summed E-state index contributed by atoms with van der Waals surface area (Å²) in [4.78, 5) is 17.4. The van der Waals surface area contributed by atoms with Gasteiger partial charge in [-0.1, -0.05) is 18.2 Å². The smallest absolute Gasteiger partial charge is 0.256 e. The Morgan fingerprint density at radius 2 is 1.92 bits per heavy atom. The SMILES string of the molecule is CCn1cc(C(=O)N2CCN([C@@H]3CCC[C@H]3O)CC2)c2ccccc21. The van der Waals surface area contributed by atoms with E-state index in [2.05, 4.69) is 22.5 Å². The van der Waals surface area contributed by atoms with Crippen LogP contribution in [0.3, 0.4) is 0 Å². The van der Waals surface area contributed by atoms with Gasteiger partial charge in [0.1, 0.15) is 0 Å². The predicted molar refractivity (Wildman–Crippen MR) is 98.7 cm³/mol. The topological polar surface area (TPSA) is 48.7 Å². The summed E-state index contributed by atoms with van der Waals surface area (Å²) in [5, 5.41) is 11.2. The molecule has 2 atom stereocenters. The quantitative estimate of drug-likeness (QED) is 0.932. The molecule has 1 aromatic heterocycles. The van der Waals surface area contributed by atoms with Gasteiger partial charge in [0.15, 0.2) is 0 Å². The predicted octanol–water partition coefficient (Wildman–Crippen LogP) is 2.33. The molecule has 1 saturated carbocycles. The lowest BCUT2D eigenvalue weighted by Gasteiger charge is -2.39. The van der Waals surface area contributed by atoms with Crippen LogP contribution in [0.25, 0.3) is 10.9 Å². The van der Waals surface area contributed by atoms with E-state index in [1.54, 1.807) is 0 Å². The van der Waals surface area contributed by atoms with Gasteiger partial charge in [-0.25, -0.2) is 0 Å². The van der Waals surface area contributed by atoms with Crippen LogP contribution in [-0.2, 0) is 6.54 Å². The van der Waals surface area contributed by atoms with Gasteiger partial charge in [-0.05, 0) is 32.3 Å². The molecule has 1 aliphatic heterocycles. The highest BCUT2D eigenvalue weighted by molar-refractivity contribution is 6.07. The van der Waals surface area contributed by atoms with Gasteiger partial charge in [0, 0.05) is 55.9 Å². The molecule has 2 fully saturated rings. The number of rotatable bonds is 3. The number of amides is 1. The van der Waals surface area contributed by atoms with Gasteiger partial charge in [-0.3, -0.25) is 9.69 Å². The molecular weight excluding hydrogens is 314 g/mol. The molecule has 1 saturated heterocycles. The summed E-state index contributed by atoms with van der Waals surface area (Å²) < 4.78 is 2.15. The molecule has 1 aromatic carbocycles. The van der Waals surface area contributed by atoms with E-state index in [4.69, 9.17) is 0 Å². The molecule has 25 heavy (non-hydrogen) atoms. The van der Waals surface area contributed by atoms with Crippen LogP contribution < -0.4 is 0 Å². The lowest BCUT2D eigenvalue weighted by molar-refractivity contribution is 0.0316. The number of benzene rings is 1. The molecule has 2 aliphatic rings. The maximum Gasteiger partial charge on any atom is 0.256 e. The van der Waals surface area contributed by atoms with Crippen molar-refractivity contribution < 1.29 is 9.90 Å². The molecule has 2 aromatic rings. The summed E-state index contributed by atoms with van der Waals surface area (Å²) in [5.41, 5.74) is 1.94. The van der Waals surface area contributed by atoms with Crippen molar-refractivity contribution in [3.63, 3.8) is 0 Å². The van der Waals surface area contributed by atoms with E-state index in [1.165, 1.54) is 0 Å². The molecule has 2 heterocycles. The zero-order valence-corrected chi connectivity index (χ0v) is 14.9. The monoisotopic (exact) mass is 341 g/mol. The molecule has 1 aliphatic carbocycles. The van der Waals surface area contributed by atoms with Crippen molar-refractivity contribution in [2.45, 2.75) is 44.9 Å². The van der Waals surface area contributed by atoms with Crippen LogP contribution in [0.15, 0.2) is 30.5 Å². The average Bonchev–Trinajstić information content (AvgIpc) is 3.25. The third kappa shape index (κ3) is 2.96. The van der Waals surface area contributed by atoms with Gasteiger partial charge in [0.25, 0.3) is 5.91 Å². The van der Waals surface area contributed by atoms with Crippen molar-refractivity contribution in [2.24, 2.45) is 0 Å². The van der Waals surface area contributed by atoms with Crippen LogP contribution in [0.2, 0.25) is 0 Å². The van der Waals surface area contributed by atoms with Crippen LogP contribution in [0, 0.1) is 0 Å². The normalized spacial score (nSPS) is 25.0. The third-order valence-electron chi connectivity index (χ3n) is 5.87. The van der Waals surface area contributed by atoms with Crippen LogP contribution in [0.5, 0.6) is 0 Å². The zero-order chi connectivity index (χ0) is 17.4. The number of fused-ring (bicyclic) bond motifs is 1. The van der Waals surface area contributed by atoms with Crippen molar-refractivity contribution >= 4 is 16.8 Å². The fourth-order valence-corrected chi connectivity index (χ4v) is 4.45. The number of para-hydroxylation sites is 1. The highest BCUT2D eigenvalue weighted by Gasteiger charge is 2.33. The first-order chi connectivity index (χ1) is 12.2. The first kappa shape index (κ1) is 16.6. The maximum absolute atomic E-state index is 13.1. The summed E-state index contributed by atoms with van der Waals surface area (Å²) in [6.45, 7) is 6.18. The van der Waals surface area contributed by atoms with Gasteiger partial charge >= 0.3 is 0 Å². The molecule has 0 unspecified atom stereocenters. The van der Waals surface area contributed by atoms with Crippen molar-refractivity contribution in [2.75, 3.05) is 26.2 Å². The van der Waals surface area contributed by atoms with E-state index in [-0.39, 0.29) is 12.0 Å². The van der Waals surface area contributed by atoms with E-state index in [1.807, 2.05) is 29.3 Å². The molecule has 134 valence electrons. The van der Waals surface area contributed by atoms with Crippen molar-refractivity contribution in [1.82, 2.24) is 14.4 Å². The molecule has 5 nitrogen and oxygen atoms in total. The Labute approximate surface area is 148 Å². The molecule has 1 amide bonds. The Hall–Kier alpha value is -1.85. The molecule has 1 N–H and O–H groups in total. The molecule has 5 heteroatoms. The number of hydrogen-bond donors (Lipinski definition) is 1. The Kier molecular flexibility index (Phi) is 4.52. The number of aliphatic hydroxyl groups is 1. The number of carbonyl (C=O) groups is 1. The van der Waals surface area contributed by atoms with Gasteiger partial charge in [0.05, 0.1) is 11.7 Å². The second-order valence-corrected chi connectivity index (χ2v) is 7.24. The Balaban J connectivity index is 1.49. The van der Waals surface area contributed by atoms with Crippen LogP contribution in [0.4, 0.5) is 0 Å². The van der Waals surface area contributed by atoms with Crippen molar-refractivity contribution in [3.8, 4) is 0 Å². The lowest BCUT2D eigenvalue weighted by Crippen LogP contribution is -2.53. The Morgan fingerprint density at radius 3 is 2.60 bits per heavy atom. The van der Waals surface area contributed by atoms with E-state index in [0.29, 0.717) is 6.04 Å². The first-order valence-electron chi connectivity index (χ1n) is 9.48. The fourth-order valence-electron chi connectivity index (χ4n) is 4.45. The minimum atomic E-state index is -0.190. The Morgan fingerprint density at radius 1 is 1.16 bits per heavy atom. The first-order valence-corrected chi connectivity index (χ1v) is 9.48. The van der Waals surface area contributed by atoms with E-state index >= 15 is 0 Å². The number of hydrogen-bond acceptors (Lipinski definition) is 3. The van der Waals surface area contributed by atoms with Crippen LogP contribution >= 0.6 is 0 Å². The standard InChI is InChI=1S/C20H27N3O2/c1-2-21-14-16(15-6-3-4-7-17(15)21)20(25)23-12-10-22(11-13-23)18-8-5-9-19(18)24/h3-4,6-7,14,18-19,24H,2,5,8-13H2,1H3/t18-,19-/m1/s1. The average molecular weight is 341 g/mol. The van der Waals surface area contributed by atoms with Crippen molar-refractivity contribution in [3.05, 3.63) is 36.0 Å². The lowest BCUT2D eigenvalue weighted by atomic mass is 10.1. The number of aryl methyl sites for hydroxylation is 1. The molecular formula is C20H27N3O2. The number of aromatic nitrogens is 1. The molecule has 4 rings (SSSR count). The fraction of sp³-hybridized carbons (Fsp3) is 0.550. The summed E-state index contributed by atoms with van der Waals surface area (Å²) in [7, 11) is 0. The van der Waals surface area contributed by atoms with E-state index < -0.39 is 0 Å². The molecule has 0 bridgehead atoms. The third-order valence-corrected chi connectivity index (χ3v) is 5.87. The summed E-state index contributed by atoms with van der Waals surface area (Å²) >= 11 is 0. The zero-order valence-electron chi connectivity index (χ0n) is 14.9. The van der Waals surface area contributed by atoms with Gasteiger partial charge in [-0.15, -0.1) is 0 Å². The van der Waals surface area contributed by atoms with Crippen LogP contribution in [0.1, 0.15) is 36.5 Å². The van der Waals surface area contributed by atoms with E-state index in [9.17, 15) is 9.90 Å². The van der Waals surface area contributed by atoms with Gasteiger partial charge in [0.2, 0.25) is 0 Å². The minimum absolute atomic E-state index is 0.134. The Bertz CT molecular complexity index is 761. The number of aliphatic hydroxyl groups excluding tert-OH is 1.